The lowest BCUT2D eigenvalue weighted by atomic mass is 10.1. The van der Waals surface area contributed by atoms with E-state index in [1.165, 1.54) is 5.56 Å². The maximum absolute atomic E-state index is 6.45. The molecule has 0 aliphatic carbocycles. The molecule has 0 aliphatic rings. The van der Waals surface area contributed by atoms with Gasteiger partial charge in [-0.25, -0.2) is 15.0 Å². The molecule has 1 N–H and O–H groups in total. The number of aromatic nitrogens is 4. The van der Waals surface area contributed by atoms with Crippen molar-refractivity contribution in [3.63, 3.8) is 0 Å². The van der Waals surface area contributed by atoms with Gasteiger partial charge < -0.3 is 5.32 Å². The largest absolute Gasteiger partial charge is 0.324 e. The summed E-state index contributed by atoms with van der Waals surface area (Å²) >= 11 is 6.45. The van der Waals surface area contributed by atoms with Crippen LogP contribution in [0.15, 0.2) is 85.2 Å². The van der Waals surface area contributed by atoms with E-state index >= 15 is 0 Å². The molecule has 30 heavy (non-hydrogen) atoms. The number of benzene rings is 2. The number of fused-ring (bicyclic) bond motifs is 1. The number of halogens is 1. The van der Waals surface area contributed by atoms with Crippen LogP contribution in [0.1, 0.15) is 5.56 Å². The number of hydrogen-bond donors (Lipinski definition) is 1. The predicted molar refractivity (Wildman–Crippen MR) is 121 cm³/mol. The highest BCUT2D eigenvalue weighted by Crippen LogP contribution is 2.34. The fourth-order valence-corrected chi connectivity index (χ4v) is 3.60. The van der Waals surface area contributed by atoms with E-state index in [1.54, 1.807) is 6.20 Å². The number of pyridine rings is 1. The highest BCUT2D eigenvalue weighted by Gasteiger charge is 2.19. The van der Waals surface area contributed by atoms with Gasteiger partial charge in [0.25, 0.3) is 0 Å². The molecule has 0 unspecified atom stereocenters. The fraction of sp³-hybridized carbons (Fsp3) is 0.0417. The van der Waals surface area contributed by atoms with Crippen molar-refractivity contribution in [3.05, 3.63) is 95.8 Å². The number of imidazole rings is 1. The van der Waals surface area contributed by atoms with Crippen LogP contribution in [0.3, 0.4) is 0 Å². The molecule has 3 aromatic heterocycles. The summed E-state index contributed by atoms with van der Waals surface area (Å²) in [5.74, 6) is 0.519. The van der Waals surface area contributed by atoms with E-state index < -0.39 is 0 Å². The molecule has 2 aromatic carbocycles. The van der Waals surface area contributed by atoms with E-state index in [1.807, 2.05) is 59.1 Å². The van der Waals surface area contributed by atoms with Crippen LogP contribution in [0.2, 0.25) is 5.02 Å². The van der Waals surface area contributed by atoms with E-state index in [0.717, 1.165) is 28.3 Å². The molecule has 0 fully saturated rings. The molecule has 0 aliphatic heterocycles. The Bertz CT molecular complexity index is 1330. The van der Waals surface area contributed by atoms with Gasteiger partial charge in [-0.1, -0.05) is 59.6 Å². The van der Waals surface area contributed by atoms with Gasteiger partial charge in [0.15, 0.2) is 5.65 Å². The van der Waals surface area contributed by atoms with Gasteiger partial charge in [0.2, 0.25) is 5.95 Å². The first kappa shape index (κ1) is 18.3. The van der Waals surface area contributed by atoms with Crippen LogP contribution >= 0.6 is 11.6 Å². The number of nitrogens with zero attached hydrogens (tertiary/aromatic N) is 4. The van der Waals surface area contributed by atoms with Gasteiger partial charge in [0.1, 0.15) is 0 Å². The maximum atomic E-state index is 6.45. The molecule has 0 radical (unpaired) electrons. The minimum atomic E-state index is 0.519. The molecule has 5 nitrogen and oxygen atoms in total. The smallest absolute Gasteiger partial charge is 0.227 e. The molecule has 5 aromatic rings. The van der Waals surface area contributed by atoms with E-state index in [0.29, 0.717) is 16.6 Å². The van der Waals surface area contributed by atoms with Crippen molar-refractivity contribution in [3.8, 4) is 22.6 Å². The van der Waals surface area contributed by atoms with Crippen LogP contribution in [-0.4, -0.2) is 19.4 Å². The van der Waals surface area contributed by atoms with Crippen molar-refractivity contribution < 1.29 is 0 Å². The van der Waals surface area contributed by atoms with Crippen LogP contribution in [0.5, 0.6) is 0 Å². The molecule has 0 bridgehead atoms. The van der Waals surface area contributed by atoms with Gasteiger partial charge in [-0.3, -0.25) is 4.40 Å². The quantitative estimate of drug-likeness (QED) is 0.384. The number of para-hydroxylation sites is 1. The van der Waals surface area contributed by atoms with E-state index in [2.05, 4.69) is 41.5 Å². The lowest BCUT2D eigenvalue weighted by Crippen LogP contribution is -1.99. The minimum Gasteiger partial charge on any atom is -0.324 e. The third-order valence-electron chi connectivity index (χ3n) is 4.86. The van der Waals surface area contributed by atoms with Crippen LogP contribution in [0.4, 0.5) is 11.6 Å². The van der Waals surface area contributed by atoms with Crippen LogP contribution < -0.4 is 5.32 Å². The van der Waals surface area contributed by atoms with Crippen molar-refractivity contribution in [2.24, 2.45) is 0 Å². The summed E-state index contributed by atoms with van der Waals surface area (Å²) in [6.45, 7) is 2.07. The maximum Gasteiger partial charge on any atom is 0.227 e. The molecule has 5 rings (SSSR count). The van der Waals surface area contributed by atoms with Gasteiger partial charge in [0, 0.05) is 23.6 Å². The molecule has 0 amide bonds. The van der Waals surface area contributed by atoms with Gasteiger partial charge in [0.05, 0.1) is 22.1 Å². The van der Waals surface area contributed by atoms with E-state index in [4.69, 9.17) is 21.6 Å². The molecule has 0 saturated carbocycles. The van der Waals surface area contributed by atoms with Crippen molar-refractivity contribution in [2.45, 2.75) is 6.92 Å². The second-order valence-corrected chi connectivity index (χ2v) is 7.39. The summed E-state index contributed by atoms with van der Waals surface area (Å²) < 4.78 is 1.98. The molecule has 0 spiro atoms. The summed E-state index contributed by atoms with van der Waals surface area (Å²) in [6, 6.07) is 23.8. The monoisotopic (exact) mass is 411 g/mol. The van der Waals surface area contributed by atoms with Crippen molar-refractivity contribution >= 4 is 28.9 Å². The minimum absolute atomic E-state index is 0.519. The Balaban J connectivity index is 1.68. The Labute approximate surface area is 179 Å². The van der Waals surface area contributed by atoms with Gasteiger partial charge in [-0.05, 0) is 37.3 Å². The normalized spacial score (nSPS) is 11.0. The summed E-state index contributed by atoms with van der Waals surface area (Å²) in [6.07, 6.45) is 3.70. The standard InChI is InChI=1S/C24H18ClN5/c1-16-9-11-17(12-10-16)21-22(30-15-5-8-19(25)23(30)29-21)20-13-14-26-24(28-20)27-18-6-3-2-4-7-18/h2-15H,1H3,(H,26,27,28). The van der Waals surface area contributed by atoms with Crippen LogP contribution in [-0.2, 0) is 0 Å². The van der Waals surface area contributed by atoms with Crippen LogP contribution in [0, 0.1) is 6.92 Å². The molecule has 146 valence electrons. The lowest BCUT2D eigenvalue weighted by Gasteiger charge is -2.08. The fourth-order valence-electron chi connectivity index (χ4n) is 3.39. The first-order valence-electron chi connectivity index (χ1n) is 9.58. The molecule has 3 heterocycles. The second kappa shape index (κ2) is 7.61. The number of aryl methyl sites for hydroxylation is 1. The third kappa shape index (κ3) is 3.40. The molecular weight excluding hydrogens is 394 g/mol. The van der Waals surface area contributed by atoms with Gasteiger partial charge >= 0.3 is 0 Å². The van der Waals surface area contributed by atoms with Crippen molar-refractivity contribution in [2.75, 3.05) is 5.32 Å². The van der Waals surface area contributed by atoms with E-state index in [9.17, 15) is 0 Å². The van der Waals surface area contributed by atoms with Crippen LogP contribution in [0.25, 0.3) is 28.3 Å². The summed E-state index contributed by atoms with van der Waals surface area (Å²) in [4.78, 5) is 14.0. The Kier molecular flexibility index (Phi) is 4.65. The Morgan fingerprint density at radius 1 is 0.867 bits per heavy atom. The number of hydrogen-bond acceptors (Lipinski definition) is 4. The topological polar surface area (TPSA) is 55.1 Å². The number of anilines is 2. The third-order valence-corrected chi connectivity index (χ3v) is 5.15. The number of nitrogens with one attached hydrogen (secondary N) is 1. The first-order chi connectivity index (χ1) is 14.7. The summed E-state index contributed by atoms with van der Waals surface area (Å²) in [5, 5.41) is 3.85. The highest BCUT2D eigenvalue weighted by molar-refractivity contribution is 6.33. The molecule has 6 heteroatoms. The lowest BCUT2D eigenvalue weighted by molar-refractivity contribution is 1.13. The van der Waals surface area contributed by atoms with Gasteiger partial charge in [-0.15, -0.1) is 0 Å². The predicted octanol–water partition coefficient (Wildman–Crippen LogP) is 6.16. The van der Waals surface area contributed by atoms with E-state index in [-0.39, 0.29) is 0 Å². The average molecular weight is 412 g/mol. The zero-order valence-electron chi connectivity index (χ0n) is 16.2. The first-order valence-corrected chi connectivity index (χ1v) is 9.96. The zero-order chi connectivity index (χ0) is 20.5. The average Bonchev–Trinajstić information content (AvgIpc) is 3.16. The van der Waals surface area contributed by atoms with Crippen molar-refractivity contribution in [1.29, 1.82) is 0 Å². The zero-order valence-corrected chi connectivity index (χ0v) is 17.0. The van der Waals surface area contributed by atoms with Gasteiger partial charge in [-0.2, -0.15) is 0 Å². The second-order valence-electron chi connectivity index (χ2n) is 6.98. The molecule has 0 atom stereocenters. The molecule has 0 saturated heterocycles. The number of rotatable bonds is 4. The molecular formula is C24H18ClN5. The van der Waals surface area contributed by atoms with Crippen molar-refractivity contribution in [1.82, 2.24) is 19.4 Å². The Morgan fingerprint density at radius 3 is 2.47 bits per heavy atom. The highest BCUT2D eigenvalue weighted by atomic mass is 35.5. The Hall–Kier alpha value is -3.70. The summed E-state index contributed by atoms with van der Waals surface area (Å²) in [5.41, 5.74) is 6.27. The summed E-state index contributed by atoms with van der Waals surface area (Å²) in [7, 11) is 0. The Morgan fingerprint density at radius 2 is 1.67 bits per heavy atom. The SMILES string of the molecule is Cc1ccc(-c2nc3c(Cl)cccn3c2-c2ccnc(Nc3ccccc3)n2)cc1.